The van der Waals surface area contributed by atoms with E-state index in [0.29, 0.717) is 43.1 Å². The largest absolute Gasteiger partial charge is 0.431 e. The lowest BCUT2D eigenvalue weighted by molar-refractivity contribution is -0.141. The molecule has 0 unspecified atom stereocenters. The van der Waals surface area contributed by atoms with Gasteiger partial charge in [-0.2, -0.15) is 13.2 Å². The number of carbonyl (C=O) groups excluding carboxylic acids is 1. The molecule has 2 heterocycles. The molecule has 156 valence electrons. The fourth-order valence-corrected chi connectivity index (χ4v) is 3.56. The number of aromatic amines is 1. The highest BCUT2D eigenvalue weighted by Crippen LogP contribution is 2.34. The van der Waals surface area contributed by atoms with Crippen LogP contribution >= 0.6 is 0 Å². The molecule has 29 heavy (non-hydrogen) atoms. The van der Waals surface area contributed by atoms with Gasteiger partial charge in [-0.1, -0.05) is 12.1 Å². The van der Waals surface area contributed by atoms with Gasteiger partial charge in [-0.15, -0.1) is 0 Å². The topological polar surface area (TPSA) is 56.4 Å². The molecule has 0 spiro atoms. The second-order valence-electron chi connectivity index (χ2n) is 7.36. The van der Waals surface area contributed by atoms with Gasteiger partial charge in [0.05, 0.1) is 6.04 Å². The maximum absolute atomic E-state index is 14.4. The summed E-state index contributed by atoms with van der Waals surface area (Å²) in [7, 11) is 3.65. The minimum Gasteiger partial charge on any atom is -0.331 e. The van der Waals surface area contributed by atoms with Gasteiger partial charge in [0, 0.05) is 18.7 Å². The number of benzene rings is 1. The van der Waals surface area contributed by atoms with E-state index in [9.17, 15) is 27.2 Å². The van der Waals surface area contributed by atoms with Crippen LogP contribution in [0.1, 0.15) is 46.1 Å². The summed E-state index contributed by atoms with van der Waals surface area (Å²) >= 11 is 0. The van der Waals surface area contributed by atoms with Gasteiger partial charge in [0.1, 0.15) is 17.1 Å². The molecule has 0 radical (unpaired) electrons. The van der Waals surface area contributed by atoms with Crippen LogP contribution in [-0.4, -0.2) is 41.3 Å². The molecule has 1 aromatic carbocycles. The van der Waals surface area contributed by atoms with Crippen LogP contribution in [0, 0.1) is 5.82 Å². The molecular formula is C20H21F4N3O2. The summed E-state index contributed by atoms with van der Waals surface area (Å²) in [6.07, 6.45) is -3.48. The Morgan fingerprint density at radius 1 is 1.24 bits per heavy atom. The lowest BCUT2D eigenvalue weighted by Crippen LogP contribution is -2.35. The molecule has 0 saturated carbocycles. The number of alkyl halides is 3. The third-order valence-corrected chi connectivity index (χ3v) is 4.91. The number of H-pyrrole nitrogens is 1. The first-order chi connectivity index (χ1) is 13.6. The predicted octanol–water partition coefficient (Wildman–Crippen LogP) is 3.57. The molecule has 1 fully saturated rings. The number of nitrogens with zero attached hydrogens (tertiary/aromatic N) is 2. The highest BCUT2D eigenvalue weighted by atomic mass is 19.4. The Morgan fingerprint density at radius 3 is 2.55 bits per heavy atom. The van der Waals surface area contributed by atoms with Crippen molar-refractivity contribution in [3.63, 3.8) is 0 Å². The molecule has 1 N–H and O–H groups in total. The van der Waals surface area contributed by atoms with Crippen LogP contribution in [0.4, 0.5) is 17.6 Å². The number of likely N-dealkylation sites (tertiary alicyclic amines) is 1. The quantitative estimate of drug-likeness (QED) is 0.783. The van der Waals surface area contributed by atoms with Gasteiger partial charge in [0.15, 0.2) is 0 Å². The van der Waals surface area contributed by atoms with E-state index in [0.717, 1.165) is 6.07 Å². The van der Waals surface area contributed by atoms with Gasteiger partial charge in [-0.25, -0.2) is 4.39 Å². The average Bonchev–Trinajstić information content (AvgIpc) is 3.11. The van der Waals surface area contributed by atoms with E-state index < -0.39 is 29.4 Å². The first-order valence-electron chi connectivity index (χ1n) is 9.12. The number of rotatable bonds is 4. The SMILES string of the molecule is CN(C)Cc1ccc([C@H]2CCCN2C(=O)c2ccc(C(F)(F)F)[nH]c2=O)cc1F. The van der Waals surface area contributed by atoms with Crippen molar-refractivity contribution in [2.24, 2.45) is 0 Å². The lowest BCUT2D eigenvalue weighted by Gasteiger charge is -2.25. The number of hydrogen-bond donors (Lipinski definition) is 1. The molecule has 1 aromatic heterocycles. The zero-order valence-electron chi connectivity index (χ0n) is 16.0. The molecule has 2 aromatic rings. The molecule has 3 rings (SSSR count). The van der Waals surface area contributed by atoms with Crippen LogP contribution in [0.2, 0.25) is 0 Å². The molecule has 1 saturated heterocycles. The van der Waals surface area contributed by atoms with Crippen LogP contribution in [0.3, 0.4) is 0 Å². The Bertz CT molecular complexity index is 969. The number of halogens is 4. The summed E-state index contributed by atoms with van der Waals surface area (Å²) in [6, 6.07) is 5.92. The fraction of sp³-hybridized carbons (Fsp3) is 0.400. The van der Waals surface area contributed by atoms with E-state index in [2.05, 4.69) is 0 Å². The van der Waals surface area contributed by atoms with E-state index in [1.807, 2.05) is 19.0 Å². The summed E-state index contributed by atoms with van der Waals surface area (Å²) in [4.78, 5) is 29.9. The van der Waals surface area contributed by atoms with Crippen molar-refractivity contribution in [2.45, 2.75) is 31.6 Å². The standard InChI is InChI=1S/C20H21F4N3O2/c1-26(2)11-13-6-5-12(10-15(13)21)16-4-3-9-27(16)19(29)14-7-8-17(20(22,23)24)25-18(14)28/h5-8,10,16H,3-4,9,11H2,1-2H3,(H,25,28)/t16-/m1/s1. The Kier molecular flexibility index (Phi) is 5.79. The molecule has 0 aliphatic carbocycles. The van der Waals surface area contributed by atoms with Gasteiger partial charge in [-0.05, 0) is 50.7 Å². The number of nitrogens with one attached hydrogen (secondary N) is 1. The molecular weight excluding hydrogens is 390 g/mol. The Balaban J connectivity index is 1.87. The molecule has 1 amide bonds. The summed E-state index contributed by atoms with van der Waals surface area (Å²) in [5.41, 5.74) is -1.55. The molecule has 5 nitrogen and oxygen atoms in total. The van der Waals surface area contributed by atoms with Crippen molar-refractivity contribution in [2.75, 3.05) is 20.6 Å². The molecule has 1 aliphatic rings. The Hall–Kier alpha value is -2.68. The van der Waals surface area contributed by atoms with Crippen molar-refractivity contribution < 1.29 is 22.4 Å². The normalized spacial score (nSPS) is 17.2. The van der Waals surface area contributed by atoms with E-state index in [-0.39, 0.29) is 11.4 Å². The van der Waals surface area contributed by atoms with Crippen molar-refractivity contribution >= 4 is 5.91 Å². The van der Waals surface area contributed by atoms with E-state index >= 15 is 0 Å². The number of aromatic nitrogens is 1. The molecule has 0 bridgehead atoms. The van der Waals surface area contributed by atoms with Crippen LogP contribution < -0.4 is 5.56 Å². The average molecular weight is 411 g/mol. The van der Waals surface area contributed by atoms with Gasteiger partial charge < -0.3 is 14.8 Å². The number of pyridine rings is 1. The van der Waals surface area contributed by atoms with Crippen molar-refractivity contribution in [3.8, 4) is 0 Å². The van der Waals surface area contributed by atoms with Crippen LogP contribution in [-0.2, 0) is 12.7 Å². The third-order valence-electron chi connectivity index (χ3n) is 4.91. The van der Waals surface area contributed by atoms with Gasteiger partial charge in [0.25, 0.3) is 11.5 Å². The molecule has 1 atom stereocenters. The van der Waals surface area contributed by atoms with Crippen LogP contribution in [0.5, 0.6) is 0 Å². The van der Waals surface area contributed by atoms with Gasteiger partial charge >= 0.3 is 6.18 Å². The van der Waals surface area contributed by atoms with Crippen LogP contribution in [0.25, 0.3) is 0 Å². The first kappa shape index (κ1) is 21.0. The maximum Gasteiger partial charge on any atom is 0.431 e. The van der Waals surface area contributed by atoms with E-state index in [1.165, 1.54) is 11.0 Å². The monoisotopic (exact) mass is 411 g/mol. The molecule has 9 heteroatoms. The summed E-state index contributed by atoms with van der Waals surface area (Å²) in [5.74, 6) is -1.05. The highest BCUT2D eigenvalue weighted by molar-refractivity contribution is 5.94. The number of amides is 1. The number of hydrogen-bond acceptors (Lipinski definition) is 3. The third kappa shape index (κ3) is 4.50. The Labute approximate surface area is 164 Å². The zero-order chi connectivity index (χ0) is 21.3. The minimum atomic E-state index is -4.71. The van der Waals surface area contributed by atoms with E-state index in [1.54, 1.807) is 17.1 Å². The maximum atomic E-state index is 14.4. The minimum absolute atomic E-state index is 0.338. The number of carbonyl (C=O) groups is 1. The van der Waals surface area contributed by atoms with Crippen molar-refractivity contribution in [3.05, 3.63) is 68.9 Å². The zero-order valence-corrected chi connectivity index (χ0v) is 16.0. The Morgan fingerprint density at radius 2 is 1.97 bits per heavy atom. The van der Waals surface area contributed by atoms with Crippen LogP contribution in [0.15, 0.2) is 35.1 Å². The van der Waals surface area contributed by atoms with Crippen molar-refractivity contribution in [1.82, 2.24) is 14.8 Å². The second-order valence-corrected chi connectivity index (χ2v) is 7.36. The summed E-state index contributed by atoms with van der Waals surface area (Å²) in [6.45, 7) is 0.769. The predicted molar refractivity (Wildman–Crippen MR) is 98.9 cm³/mol. The van der Waals surface area contributed by atoms with Crippen molar-refractivity contribution in [1.29, 1.82) is 0 Å². The summed E-state index contributed by atoms with van der Waals surface area (Å²) < 4.78 is 52.6. The molecule has 1 aliphatic heterocycles. The van der Waals surface area contributed by atoms with E-state index in [4.69, 9.17) is 0 Å². The fourth-order valence-electron chi connectivity index (χ4n) is 3.56. The highest BCUT2D eigenvalue weighted by Gasteiger charge is 2.35. The van der Waals surface area contributed by atoms with Gasteiger partial charge in [-0.3, -0.25) is 9.59 Å². The van der Waals surface area contributed by atoms with Gasteiger partial charge in [0.2, 0.25) is 0 Å². The first-order valence-corrected chi connectivity index (χ1v) is 9.12. The lowest BCUT2D eigenvalue weighted by atomic mass is 10.0. The second kappa shape index (κ2) is 7.98. The summed E-state index contributed by atoms with van der Waals surface area (Å²) in [5, 5.41) is 0. The smallest absolute Gasteiger partial charge is 0.331 e.